The van der Waals surface area contributed by atoms with E-state index in [-0.39, 0.29) is 29.3 Å². The smallest absolute Gasteiger partial charge is 0.280 e. The molecule has 1 aromatic heterocycles. The summed E-state index contributed by atoms with van der Waals surface area (Å²) >= 11 is 0. The SMILES string of the molecule is COc1cnc(C(F)F)cc1-c1cc(N2CCN(C)CC2=O)ccc1C(N)=O. The average Bonchev–Trinajstić information content (AvgIpc) is 2.66. The van der Waals surface area contributed by atoms with Crippen molar-refractivity contribution >= 4 is 17.5 Å². The molecule has 148 valence electrons. The number of ether oxygens (including phenoxy) is 1. The highest BCUT2D eigenvalue weighted by Gasteiger charge is 2.25. The van der Waals surface area contributed by atoms with Crippen molar-refractivity contribution in [2.75, 3.05) is 38.7 Å². The molecule has 0 atom stereocenters. The van der Waals surface area contributed by atoms with Crippen LogP contribution in [0.15, 0.2) is 30.5 Å². The molecule has 28 heavy (non-hydrogen) atoms. The maximum Gasteiger partial charge on any atom is 0.280 e. The van der Waals surface area contributed by atoms with Crippen LogP contribution in [-0.4, -0.2) is 55.5 Å². The molecule has 3 rings (SSSR count). The summed E-state index contributed by atoms with van der Waals surface area (Å²) in [5.74, 6) is -0.598. The van der Waals surface area contributed by atoms with Crippen molar-refractivity contribution in [2.45, 2.75) is 6.43 Å². The molecule has 9 heteroatoms. The number of nitrogens with zero attached hydrogens (tertiary/aromatic N) is 3. The Labute approximate surface area is 160 Å². The van der Waals surface area contributed by atoms with Gasteiger partial charge in [-0.25, -0.2) is 8.78 Å². The second-order valence-corrected chi connectivity index (χ2v) is 6.49. The minimum atomic E-state index is -2.79. The molecule has 0 radical (unpaired) electrons. The van der Waals surface area contributed by atoms with E-state index in [1.807, 2.05) is 11.9 Å². The van der Waals surface area contributed by atoms with Crippen LogP contribution >= 0.6 is 0 Å². The second-order valence-electron chi connectivity index (χ2n) is 6.49. The van der Waals surface area contributed by atoms with E-state index in [0.717, 1.165) is 0 Å². The van der Waals surface area contributed by atoms with Crippen molar-refractivity contribution in [3.63, 3.8) is 0 Å². The number of primary amides is 1. The Kier molecular flexibility index (Phi) is 5.55. The van der Waals surface area contributed by atoms with Crippen LogP contribution in [0.3, 0.4) is 0 Å². The predicted octanol–water partition coefficient (Wildman–Crippen LogP) is 2.07. The van der Waals surface area contributed by atoms with Gasteiger partial charge in [-0.1, -0.05) is 0 Å². The number of aromatic nitrogens is 1. The second kappa shape index (κ2) is 7.89. The Morgan fingerprint density at radius 2 is 2.00 bits per heavy atom. The molecule has 7 nitrogen and oxygen atoms in total. The van der Waals surface area contributed by atoms with E-state index < -0.39 is 18.0 Å². The highest BCUT2D eigenvalue weighted by molar-refractivity contribution is 6.03. The van der Waals surface area contributed by atoms with Crippen LogP contribution in [0.25, 0.3) is 11.1 Å². The molecular weight excluding hydrogens is 370 g/mol. The normalized spacial score (nSPS) is 15.2. The van der Waals surface area contributed by atoms with Crippen LogP contribution in [0.4, 0.5) is 14.5 Å². The van der Waals surface area contributed by atoms with Gasteiger partial charge in [-0.05, 0) is 31.3 Å². The largest absolute Gasteiger partial charge is 0.494 e. The van der Waals surface area contributed by atoms with Crippen LogP contribution in [0.2, 0.25) is 0 Å². The molecule has 2 aromatic rings. The monoisotopic (exact) mass is 390 g/mol. The van der Waals surface area contributed by atoms with Gasteiger partial charge in [-0.3, -0.25) is 19.5 Å². The summed E-state index contributed by atoms with van der Waals surface area (Å²) in [6.45, 7) is 1.42. The topological polar surface area (TPSA) is 88.8 Å². The van der Waals surface area contributed by atoms with Gasteiger partial charge in [0.15, 0.2) is 0 Å². The standard InChI is InChI=1S/C19H20F2N4O3/c1-24-5-6-25(17(26)10-24)11-3-4-12(19(22)27)13(7-11)14-8-15(18(20)21)23-9-16(14)28-2/h3-4,7-9,18H,5-6,10H2,1-2H3,(H2,22,27). The first-order chi connectivity index (χ1) is 13.3. The van der Waals surface area contributed by atoms with Gasteiger partial charge in [0.2, 0.25) is 11.8 Å². The number of anilines is 1. The van der Waals surface area contributed by atoms with Crippen LogP contribution in [0.5, 0.6) is 5.75 Å². The number of nitrogens with two attached hydrogens (primary N) is 1. The Morgan fingerprint density at radius 3 is 2.61 bits per heavy atom. The molecule has 0 saturated carbocycles. The molecule has 1 saturated heterocycles. The quantitative estimate of drug-likeness (QED) is 0.844. The number of halogens is 2. The van der Waals surface area contributed by atoms with E-state index in [1.54, 1.807) is 17.0 Å². The molecular formula is C19H20F2N4O3. The van der Waals surface area contributed by atoms with E-state index >= 15 is 0 Å². The number of carbonyl (C=O) groups is 2. The molecule has 0 unspecified atom stereocenters. The fraction of sp³-hybridized carbons (Fsp3) is 0.316. The Hall–Kier alpha value is -3.07. The van der Waals surface area contributed by atoms with Gasteiger partial charge >= 0.3 is 0 Å². The van der Waals surface area contributed by atoms with E-state index in [1.165, 1.54) is 25.4 Å². The fourth-order valence-corrected chi connectivity index (χ4v) is 3.15. The number of methoxy groups -OCH3 is 1. The molecule has 2 amide bonds. The number of likely N-dealkylation sites (N-methyl/N-ethyl adjacent to an activating group) is 1. The summed E-state index contributed by atoms with van der Waals surface area (Å²) in [6, 6.07) is 5.87. The van der Waals surface area contributed by atoms with Gasteiger partial charge in [-0.15, -0.1) is 0 Å². The number of hydrogen-bond acceptors (Lipinski definition) is 5. The molecule has 2 heterocycles. The number of hydrogen-bond donors (Lipinski definition) is 1. The summed E-state index contributed by atoms with van der Waals surface area (Å²) in [7, 11) is 3.23. The lowest BCUT2D eigenvalue weighted by Gasteiger charge is -2.32. The van der Waals surface area contributed by atoms with Gasteiger partial charge in [-0.2, -0.15) is 0 Å². The zero-order valence-corrected chi connectivity index (χ0v) is 15.5. The first-order valence-corrected chi connectivity index (χ1v) is 8.57. The highest BCUT2D eigenvalue weighted by Crippen LogP contribution is 2.36. The maximum atomic E-state index is 13.2. The highest BCUT2D eigenvalue weighted by atomic mass is 19.3. The maximum absolute atomic E-state index is 13.2. The average molecular weight is 390 g/mol. The van der Waals surface area contributed by atoms with Crippen molar-refractivity contribution in [1.29, 1.82) is 0 Å². The third kappa shape index (κ3) is 3.79. The Morgan fingerprint density at radius 1 is 1.25 bits per heavy atom. The van der Waals surface area contributed by atoms with Crippen LogP contribution in [-0.2, 0) is 4.79 Å². The summed E-state index contributed by atoms with van der Waals surface area (Å²) in [5, 5.41) is 0. The lowest BCUT2D eigenvalue weighted by molar-refractivity contribution is -0.120. The van der Waals surface area contributed by atoms with Gasteiger partial charge in [0.1, 0.15) is 11.4 Å². The van der Waals surface area contributed by atoms with Crippen molar-refractivity contribution in [3.05, 3.63) is 41.7 Å². The van der Waals surface area contributed by atoms with Gasteiger partial charge in [0, 0.05) is 35.5 Å². The number of alkyl halides is 2. The van der Waals surface area contributed by atoms with Crippen molar-refractivity contribution in [1.82, 2.24) is 9.88 Å². The molecule has 1 fully saturated rings. The number of amides is 2. The van der Waals surface area contributed by atoms with Gasteiger partial charge in [0.05, 0.1) is 19.9 Å². The fourth-order valence-electron chi connectivity index (χ4n) is 3.15. The molecule has 1 aliphatic heterocycles. The van der Waals surface area contributed by atoms with Gasteiger partial charge in [0.25, 0.3) is 6.43 Å². The number of piperazine rings is 1. The Bertz CT molecular complexity index is 920. The first kappa shape index (κ1) is 19.7. The first-order valence-electron chi connectivity index (χ1n) is 8.57. The molecule has 0 bridgehead atoms. The van der Waals surface area contributed by atoms with Crippen LogP contribution < -0.4 is 15.4 Å². The minimum Gasteiger partial charge on any atom is -0.494 e. The minimum absolute atomic E-state index is 0.0958. The number of pyridine rings is 1. The lowest BCUT2D eigenvalue weighted by atomic mass is 9.97. The summed E-state index contributed by atoms with van der Waals surface area (Å²) in [6.07, 6.45) is -1.61. The number of carbonyl (C=O) groups excluding carboxylic acids is 2. The number of rotatable bonds is 5. The third-order valence-electron chi connectivity index (χ3n) is 4.61. The van der Waals surface area contributed by atoms with E-state index in [2.05, 4.69) is 4.98 Å². The molecule has 1 aromatic carbocycles. The Balaban J connectivity index is 2.15. The van der Waals surface area contributed by atoms with E-state index in [0.29, 0.717) is 24.3 Å². The molecule has 0 spiro atoms. The summed E-state index contributed by atoms with van der Waals surface area (Å²) in [4.78, 5) is 31.5. The van der Waals surface area contributed by atoms with E-state index in [9.17, 15) is 18.4 Å². The summed E-state index contributed by atoms with van der Waals surface area (Å²) in [5.41, 5.74) is 6.28. The van der Waals surface area contributed by atoms with Crippen LogP contribution in [0.1, 0.15) is 22.5 Å². The zero-order chi connectivity index (χ0) is 20.4. The lowest BCUT2D eigenvalue weighted by Crippen LogP contribution is -2.48. The third-order valence-corrected chi connectivity index (χ3v) is 4.61. The van der Waals surface area contributed by atoms with Crippen molar-refractivity contribution in [3.8, 4) is 16.9 Å². The van der Waals surface area contributed by atoms with Gasteiger partial charge < -0.3 is 15.4 Å². The summed E-state index contributed by atoms with van der Waals surface area (Å²) < 4.78 is 31.6. The predicted molar refractivity (Wildman–Crippen MR) is 99.5 cm³/mol. The zero-order valence-electron chi connectivity index (χ0n) is 15.5. The van der Waals surface area contributed by atoms with Crippen LogP contribution in [0, 0.1) is 0 Å². The molecule has 2 N–H and O–H groups in total. The molecule has 0 aliphatic carbocycles. The van der Waals surface area contributed by atoms with Crippen molar-refractivity contribution in [2.24, 2.45) is 5.73 Å². The number of benzene rings is 1. The van der Waals surface area contributed by atoms with E-state index in [4.69, 9.17) is 10.5 Å². The molecule has 1 aliphatic rings. The van der Waals surface area contributed by atoms with Crippen molar-refractivity contribution < 1.29 is 23.1 Å².